The van der Waals surface area contributed by atoms with Crippen LogP contribution < -0.4 is 5.32 Å². The Kier molecular flexibility index (Phi) is 4.73. The Labute approximate surface area is 95.8 Å². The van der Waals surface area contributed by atoms with Gasteiger partial charge in [-0.2, -0.15) is 0 Å². The SMILES string of the molecule is CCC=C(C)C(=O)Nc1ccccc1CO. The third-order valence-electron chi connectivity index (χ3n) is 2.30. The maximum Gasteiger partial charge on any atom is 0.250 e. The first-order valence-corrected chi connectivity index (χ1v) is 5.36. The molecule has 0 unspecified atom stereocenters. The molecular weight excluding hydrogens is 202 g/mol. The summed E-state index contributed by atoms with van der Waals surface area (Å²) in [7, 11) is 0. The second-order valence-corrected chi connectivity index (χ2v) is 3.56. The molecule has 0 aromatic heterocycles. The van der Waals surface area contributed by atoms with Gasteiger partial charge < -0.3 is 10.4 Å². The predicted octanol–water partition coefficient (Wildman–Crippen LogP) is 2.47. The molecule has 3 heteroatoms. The third kappa shape index (κ3) is 3.21. The predicted molar refractivity (Wildman–Crippen MR) is 65.0 cm³/mol. The first kappa shape index (κ1) is 12.5. The van der Waals surface area contributed by atoms with E-state index < -0.39 is 0 Å². The fourth-order valence-corrected chi connectivity index (χ4v) is 1.40. The van der Waals surface area contributed by atoms with E-state index in [1.54, 1.807) is 19.1 Å². The van der Waals surface area contributed by atoms with Crippen molar-refractivity contribution in [1.82, 2.24) is 0 Å². The van der Waals surface area contributed by atoms with Gasteiger partial charge in [0.1, 0.15) is 0 Å². The van der Waals surface area contributed by atoms with E-state index in [1.165, 1.54) is 0 Å². The fraction of sp³-hybridized carbons (Fsp3) is 0.308. The average molecular weight is 219 g/mol. The smallest absolute Gasteiger partial charge is 0.250 e. The number of anilines is 1. The molecule has 1 amide bonds. The molecule has 0 saturated carbocycles. The lowest BCUT2D eigenvalue weighted by atomic mass is 10.1. The lowest BCUT2D eigenvalue weighted by molar-refractivity contribution is -0.112. The van der Waals surface area contributed by atoms with Crippen LogP contribution in [-0.4, -0.2) is 11.0 Å². The van der Waals surface area contributed by atoms with Crippen LogP contribution in [0.4, 0.5) is 5.69 Å². The second kappa shape index (κ2) is 6.08. The van der Waals surface area contributed by atoms with E-state index in [4.69, 9.17) is 5.11 Å². The number of allylic oxidation sites excluding steroid dienone is 1. The lowest BCUT2D eigenvalue weighted by Crippen LogP contribution is -2.14. The highest BCUT2D eigenvalue weighted by atomic mass is 16.3. The summed E-state index contributed by atoms with van der Waals surface area (Å²) in [6, 6.07) is 7.22. The van der Waals surface area contributed by atoms with Gasteiger partial charge in [-0.05, 0) is 19.4 Å². The largest absolute Gasteiger partial charge is 0.392 e. The molecule has 86 valence electrons. The Morgan fingerprint density at radius 2 is 2.12 bits per heavy atom. The standard InChI is InChI=1S/C13H17NO2/c1-3-6-10(2)13(16)14-12-8-5-4-7-11(12)9-15/h4-8,15H,3,9H2,1-2H3,(H,14,16). The van der Waals surface area contributed by atoms with Gasteiger partial charge in [0.05, 0.1) is 6.61 Å². The number of benzene rings is 1. The summed E-state index contributed by atoms with van der Waals surface area (Å²) < 4.78 is 0. The number of hydrogen-bond acceptors (Lipinski definition) is 2. The van der Waals surface area contributed by atoms with Crippen LogP contribution in [0.25, 0.3) is 0 Å². The molecule has 0 aliphatic rings. The number of hydrogen-bond donors (Lipinski definition) is 2. The Bertz CT molecular complexity index is 397. The number of amides is 1. The molecule has 0 aliphatic heterocycles. The van der Waals surface area contributed by atoms with Crippen molar-refractivity contribution in [3.05, 3.63) is 41.5 Å². The molecule has 0 spiro atoms. The van der Waals surface area contributed by atoms with Crippen LogP contribution in [-0.2, 0) is 11.4 Å². The minimum absolute atomic E-state index is 0.0764. The van der Waals surface area contributed by atoms with Gasteiger partial charge in [0.2, 0.25) is 0 Å². The summed E-state index contributed by atoms with van der Waals surface area (Å²) in [5.41, 5.74) is 2.08. The molecule has 0 fully saturated rings. The van der Waals surface area contributed by atoms with E-state index in [0.29, 0.717) is 11.3 Å². The van der Waals surface area contributed by atoms with Gasteiger partial charge >= 0.3 is 0 Å². The van der Waals surface area contributed by atoms with Crippen LogP contribution in [0.2, 0.25) is 0 Å². The van der Waals surface area contributed by atoms with E-state index in [-0.39, 0.29) is 12.5 Å². The Morgan fingerprint density at radius 1 is 1.44 bits per heavy atom. The van der Waals surface area contributed by atoms with Crippen molar-refractivity contribution in [2.45, 2.75) is 26.9 Å². The highest BCUT2D eigenvalue weighted by molar-refractivity contribution is 6.03. The molecule has 3 nitrogen and oxygen atoms in total. The molecule has 0 aliphatic carbocycles. The zero-order valence-corrected chi connectivity index (χ0v) is 9.66. The normalized spacial score (nSPS) is 11.3. The van der Waals surface area contributed by atoms with Gasteiger partial charge in [0.25, 0.3) is 5.91 Å². The summed E-state index contributed by atoms with van der Waals surface area (Å²) in [6.07, 6.45) is 2.71. The Morgan fingerprint density at radius 3 is 2.75 bits per heavy atom. The van der Waals surface area contributed by atoms with Gasteiger partial charge in [-0.15, -0.1) is 0 Å². The molecule has 0 heterocycles. The van der Waals surface area contributed by atoms with Crippen LogP contribution in [0.3, 0.4) is 0 Å². The van der Waals surface area contributed by atoms with E-state index in [1.807, 2.05) is 25.1 Å². The maximum absolute atomic E-state index is 11.7. The van der Waals surface area contributed by atoms with Gasteiger partial charge in [0.15, 0.2) is 0 Å². The molecular formula is C13H17NO2. The van der Waals surface area contributed by atoms with Gasteiger partial charge in [-0.3, -0.25) is 4.79 Å². The van der Waals surface area contributed by atoms with E-state index >= 15 is 0 Å². The van der Waals surface area contributed by atoms with E-state index in [0.717, 1.165) is 12.0 Å². The number of nitrogens with one attached hydrogen (secondary N) is 1. The maximum atomic E-state index is 11.7. The van der Waals surface area contributed by atoms with Crippen molar-refractivity contribution in [2.24, 2.45) is 0 Å². The highest BCUT2D eigenvalue weighted by Gasteiger charge is 2.06. The number of carbonyl (C=O) groups excluding carboxylic acids is 1. The molecule has 16 heavy (non-hydrogen) atoms. The summed E-state index contributed by atoms with van der Waals surface area (Å²) in [5, 5.41) is 11.9. The van der Waals surface area contributed by atoms with Crippen LogP contribution in [0.5, 0.6) is 0 Å². The van der Waals surface area contributed by atoms with Crippen molar-refractivity contribution < 1.29 is 9.90 Å². The molecule has 0 bridgehead atoms. The summed E-state index contributed by atoms with van der Waals surface area (Å²) in [6.45, 7) is 3.69. The topological polar surface area (TPSA) is 49.3 Å². The van der Waals surface area contributed by atoms with Crippen LogP contribution in [0.1, 0.15) is 25.8 Å². The van der Waals surface area contributed by atoms with Crippen LogP contribution in [0.15, 0.2) is 35.9 Å². The van der Waals surface area contributed by atoms with Crippen molar-refractivity contribution in [2.75, 3.05) is 5.32 Å². The number of para-hydroxylation sites is 1. The molecule has 0 atom stereocenters. The number of carbonyl (C=O) groups is 1. The molecule has 1 rings (SSSR count). The molecule has 1 aromatic rings. The summed E-state index contributed by atoms with van der Waals surface area (Å²) in [5.74, 6) is -0.122. The second-order valence-electron chi connectivity index (χ2n) is 3.56. The van der Waals surface area contributed by atoms with E-state index in [9.17, 15) is 4.79 Å². The molecule has 2 N–H and O–H groups in total. The van der Waals surface area contributed by atoms with Crippen LogP contribution in [0, 0.1) is 0 Å². The first-order chi connectivity index (χ1) is 7.69. The van der Waals surface area contributed by atoms with E-state index in [2.05, 4.69) is 5.32 Å². The molecule has 0 saturated heterocycles. The first-order valence-electron chi connectivity index (χ1n) is 5.36. The zero-order chi connectivity index (χ0) is 12.0. The quantitative estimate of drug-likeness (QED) is 0.764. The fourth-order valence-electron chi connectivity index (χ4n) is 1.40. The number of aliphatic hydroxyl groups excluding tert-OH is 1. The van der Waals surface area contributed by atoms with Gasteiger partial charge in [-0.25, -0.2) is 0 Å². The molecule has 0 radical (unpaired) electrons. The highest BCUT2D eigenvalue weighted by Crippen LogP contribution is 2.15. The zero-order valence-electron chi connectivity index (χ0n) is 9.66. The molecule has 1 aromatic carbocycles. The lowest BCUT2D eigenvalue weighted by Gasteiger charge is -2.09. The monoisotopic (exact) mass is 219 g/mol. The van der Waals surface area contributed by atoms with Gasteiger partial charge in [0, 0.05) is 16.8 Å². The third-order valence-corrected chi connectivity index (χ3v) is 2.30. The summed E-state index contributed by atoms with van der Waals surface area (Å²) >= 11 is 0. The Hall–Kier alpha value is -1.61. The van der Waals surface area contributed by atoms with Crippen molar-refractivity contribution in [1.29, 1.82) is 0 Å². The van der Waals surface area contributed by atoms with Crippen molar-refractivity contribution in [3.63, 3.8) is 0 Å². The average Bonchev–Trinajstić information content (AvgIpc) is 2.30. The summed E-state index contributed by atoms with van der Waals surface area (Å²) in [4.78, 5) is 11.7. The van der Waals surface area contributed by atoms with Crippen molar-refractivity contribution in [3.8, 4) is 0 Å². The minimum atomic E-state index is -0.122. The number of aliphatic hydroxyl groups is 1. The Balaban J connectivity index is 2.80. The minimum Gasteiger partial charge on any atom is -0.392 e. The van der Waals surface area contributed by atoms with Crippen LogP contribution >= 0.6 is 0 Å². The van der Waals surface area contributed by atoms with Gasteiger partial charge in [-0.1, -0.05) is 31.2 Å². The number of rotatable bonds is 4. The van der Waals surface area contributed by atoms with Crippen molar-refractivity contribution >= 4 is 11.6 Å².